The Bertz CT molecular complexity index is 492. The molecule has 1 aromatic rings. The minimum Gasteiger partial charge on any atom is -0.458 e. The van der Waals surface area contributed by atoms with E-state index in [4.69, 9.17) is 10.5 Å². The van der Waals surface area contributed by atoms with E-state index >= 15 is 0 Å². The van der Waals surface area contributed by atoms with E-state index in [9.17, 15) is 9.59 Å². The zero-order chi connectivity index (χ0) is 14.6. The van der Waals surface area contributed by atoms with Crippen LogP contribution in [-0.2, 0) is 20.9 Å². The maximum Gasteiger partial charge on any atom is 0.351 e. The molecule has 0 saturated carbocycles. The van der Waals surface area contributed by atoms with Crippen LogP contribution < -0.4 is 11.1 Å². The number of likely N-dealkylation sites (N-methyl/N-ethyl adjacent to an activating group) is 1. The van der Waals surface area contributed by atoms with Crippen LogP contribution in [0.25, 0.3) is 0 Å². The molecule has 0 aromatic heterocycles. The number of ether oxygens (including phenoxy) is 1. The van der Waals surface area contributed by atoms with Gasteiger partial charge in [0.25, 0.3) is 5.91 Å². The second-order valence-electron chi connectivity index (χ2n) is 4.88. The summed E-state index contributed by atoms with van der Waals surface area (Å²) >= 11 is 0. The van der Waals surface area contributed by atoms with Crippen molar-refractivity contribution < 1.29 is 14.3 Å². The number of nitrogens with two attached hydrogens (primary N) is 1. The first-order valence-corrected chi connectivity index (χ1v) is 6.54. The molecule has 0 radical (unpaired) electrons. The van der Waals surface area contributed by atoms with Crippen LogP contribution in [0.3, 0.4) is 0 Å². The number of rotatable bonds is 3. The van der Waals surface area contributed by atoms with Crippen molar-refractivity contribution in [3.8, 4) is 0 Å². The Morgan fingerprint density at radius 2 is 2.15 bits per heavy atom. The van der Waals surface area contributed by atoms with Gasteiger partial charge in [-0.3, -0.25) is 15.8 Å². The van der Waals surface area contributed by atoms with Gasteiger partial charge in [0.15, 0.2) is 0 Å². The average molecular weight is 277 g/mol. The summed E-state index contributed by atoms with van der Waals surface area (Å²) in [5.41, 5.74) is 4.98. The maximum absolute atomic E-state index is 12.2. The topological polar surface area (TPSA) is 84.7 Å². The average Bonchev–Trinajstić information content (AvgIpc) is 2.60. The largest absolute Gasteiger partial charge is 0.458 e. The molecule has 1 atom stereocenters. The summed E-state index contributed by atoms with van der Waals surface area (Å²) < 4.78 is 5.17. The third-order valence-corrected chi connectivity index (χ3v) is 3.29. The van der Waals surface area contributed by atoms with E-state index < -0.39 is 17.5 Å². The molecule has 3 N–H and O–H groups in total. The first kappa shape index (κ1) is 14.5. The van der Waals surface area contributed by atoms with E-state index in [0.29, 0.717) is 13.1 Å². The molecular formula is C14H19N3O3. The summed E-state index contributed by atoms with van der Waals surface area (Å²) in [7, 11) is 1.63. The molecule has 0 spiro atoms. The molecule has 1 aliphatic rings. The molecule has 1 saturated heterocycles. The molecule has 1 aromatic carbocycles. The van der Waals surface area contributed by atoms with Crippen LogP contribution in [0.15, 0.2) is 30.3 Å². The van der Waals surface area contributed by atoms with Gasteiger partial charge in [0.05, 0.1) is 0 Å². The molecule has 2 rings (SSSR count). The minimum absolute atomic E-state index is 0.0945. The fourth-order valence-electron chi connectivity index (χ4n) is 2.08. The van der Waals surface area contributed by atoms with Gasteiger partial charge in [-0.25, -0.2) is 4.79 Å². The number of nitrogens with zero attached hydrogens (tertiary/aromatic N) is 1. The van der Waals surface area contributed by atoms with Crippen LogP contribution in [0.5, 0.6) is 0 Å². The monoisotopic (exact) mass is 277 g/mol. The van der Waals surface area contributed by atoms with E-state index in [2.05, 4.69) is 5.32 Å². The summed E-state index contributed by atoms with van der Waals surface area (Å²) in [6.07, 6.45) is 0.743. The highest BCUT2D eigenvalue weighted by Crippen LogP contribution is 2.11. The molecule has 6 heteroatoms. The highest BCUT2D eigenvalue weighted by Gasteiger charge is 2.46. The molecule has 0 bridgehead atoms. The molecule has 0 aliphatic carbocycles. The fraction of sp³-hybridized carbons (Fsp3) is 0.429. The van der Waals surface area contributed by atoms with Crippen LogP contribution in [0.1, 0.15) is 12.0 Å². The Balaban J connectivity index is 2.04. The van der Waals surface area contributed by atoms with Gasteiger partial charge in [0, 0.05) is 13.6 Å². The highest BCUT2D eigenvalue weighted by molar-refractivity contribution is 6.06. The van der Waals surface area contributed by atoms with E-state index in [0.717, 1.165) is 12.0 Å². The van der Waals surface area contributed by atoms with E-state index in [1.165, 1.54) is 4.90 Å². The third kappa shape index (κ3) is 2.97. The normalized spacial score (nSPS) is 23.3. The highest BCUT2D eigenvalue weighted by atomic mass is 16.5. The van der Waals surface area contributed by atoms with Crippen LogP contribution in [0.4, 0.5) is 0 Å². The Labute approximate surface area is 117 Å². The van der Waals surface area contributed by atoms with Gasteiger partial charge < -0.3 is 9.64 Å². The van der Waals surface area contributed by atoms with Crippen LogP contribution in [0.2, 0.25) is 0 Å². The number of nitrogens with one attached hydrogen (secondary N) is 1. The number of hydrogen-bond acceptors (Lipinski definition) is 5. The van der Waals surface area contributed by atoms with Crippen molar-refractivity contribution >= 4 is 11.9 Å². The summed E-state index contributed by atoms with van der Waals surface area (Å²) in [5, 5.41) is 2.79. The predicted molar refractivity (Wildman–Crippen MR) is 73.4 cm³/mol. The van der Waals surface area contributed by atoms with Crippen LogP contribution >= 0.6 is 0 Å². The fourth-order valence-corrected chi connectivity index (χ4v) is 2.08. The second kappa shape index (κ2) is 6.02. The van der Waals surface area contributed by atoms with Gasteiger partial charge in [-0.05, 0) is 18.5 Å². The Morgan fingerprint density at radius 3 is 2.85 bits per heavy atom. The lowest BCUT2D eigenvalue weighted by atomic mass is 10.1. The molecule has 1 aliphatic heterocycles. The standard InChI is InChI=1S/C14H19N3O3/c1-17-9-5-8-16-14(15,12(17)18)13(19)20-10-11-6-3-2-4-7-11/h2-4,6-7,16H,5,8-10,15H2,1H3/t14-/m0/s1. The Kier molecular flexibility index (Phi) is 4.36. The zero-order valence-corrected chi connectivity index (χ0v) is 11.5. The van der Waals surface area contributed by atoms with Gasteiger partial charge in [0.2, 0.25) is 5.66 Å². The molecule has 20 heavy (non-hydrogen) atoms. The molecule has 1 amide bonds. The van der Waals surface area contributed by atoms with Crippen LogP contribution in [0, 0.1) is 0 Å². The van der Waals surface area contributed by atoms with Gasteiger partial charge in [-0.1, -0.05) is 30.3 Å². The molecule has 6 nitrogen and oxygen atoms in total. The number of carbonyl (C=O) groups is 2. The SMILES string of the molecule is CN1CCCN[C@](N)(C(=O)OCc2ccccc2)C1=O. The van der Waals surface area contributed by atoms with Crippen LogP contribution in [-0.4, -0.2) is 42.6 Å². The zero-order valence-electron chi connectivity index (χ0n) is 11.5. The summed E-state index contributed by atoms with van der Waals surface area (Å²) in [4.78, 5) is 25.8. The first-order valence-electron chi connectivity index (χ1n) is 6.54. The minimum atomic E-state index is -1.79. The van der Waals surface area contributed by atoms with Gasteiger partial charge in [-0.2, -0.15) is 0 Å². The summed E-state index contributed by atoms with van der Waals surface area (Å²) in [6, 6.07) is 9.26. The quantitative estimate of drug-likeness (QED) is 0.592. The lowest BCUT2D eigenvalue weighted by Gasteiger charge is -2.27. The molecule has 0 unspecified atom stereocenters. The van der Waals surface area contributed by atoms with Gasteiger partial charge in [0.1, 0.15) is 6.61 Å². The van der Waals surface area contributed by atoms with Crippen molar-refractivity contribution in [1.29, 1.82) is 0 Å². The van der Waals surface area contributed by atoms with Crippen molar-refractivity contribution in [2.45, 2.75) is 18.7 Å². The number of benzene rings is 1. The first-order chi connectivity index (χ1) is 9.54. The van der Waals surface area contributed by atoms with Gasteiger partial charge >= 0.3 is 5.97 Å². The number of amides is 1. The number of esters is 1. The number of carbonyl (C=O) groups excluding carboxylic acids is 2. The molecular weight excluding hydrogens is 258 g/mol. The third-order valence-electron chi connectivity index (χ3n) is 3.29. The van der Waals surface area contributed by atoms with Crippen molar-refractivity contribution in [1.82, 2.24) is 10.2 Å². The Hall–Kier alpha value is -1.92. The van der Waals surface area contributed by atoms with Crippen molar-refractivity contribution in [3.05, 3.63) is 35.9 Å². The predicted octanol–water partition coefficient (Wildman–Crippen LogP) is -0.163. The van der Waals surface area contributed by atoms with Crippen molar-refractivity contribution in [2.75, 3.05) is 20.1 Å². The summed E-state index contributed by atoms with van der Waals surface area (Å²) in [5.74, 6) is -1.21. The lowest BCUT2D eigenvalue weighted by molar-refractivity contribution is -0.159. The van der Waals surface area contributed by atoms with Crippen molar-refractivity contribution in [3.63, 3.8) is 0 Å². The molecule has 108 valence electrons. The molecule has 1 heterocycles. The summed E-state index contributed by atoms with van der Waals surface area (Å²) in [6.45, 7) is 1.15. The van der Waals surface area contributed by atoms with Crippen molar-refractivity contribution in [2.24, 2.45) is 5.73 Å². The number of hydrogen-bond donors (Lipinski definition) is 2. The maximum atomic E-state index is 12.2. The Morgan fingerprint density at radius 1 is 1.45 bits per heavy atom. The lowest BCUT2D eigenvalue weighted by Crippen LogP contribution is -2.67. The van der Waals surface area contributed by atoms with E-state index in [1.54, 1.807) is 7.05 Å². The molecule has 1 fully saturated rings. The van der Waals surface area contributed by atoms with E-state index in [-0.39, 0.29) is 6.61 Å². The smallest absolute Gasteiger partial charge is 0.351 e. The van der Waals surface area contributed by atoms with E-state index in [1.807, 2.05) is 30.3 Å². The van der Waals surface area contributed by atoms with Gasteiger partial charge in [-0.15, -0.1) is 0 Å². The second-order valence-corrected chi connectivity index (χ2v) is 4.88.